The van der Waals surface area contributed by atoms with Crippen molar-refractivity contribution in [1.29, 1.82) is 0 Å². The van der Waals surface area contributed by atoms with Gasteiger partial charge >= 0.3 is 5.97 Å². The van der Waals surface area contributed by atoms with Gasteiger partial charge in [0.15, 0.2) is 0 Å². The highest BCUT2D eigenvalue weighted by atomic mass is 32.2. The van der Waals surface area contributed by atoms with Crippen LogP contribution in [0.1, 0.15) is 37.3 Å². The molecule has 1 aliphatic heterocycles. The quantitative estimate of drug-likeness (QED) is 0.783. The molecular weight excluding hydrogens is 370 g/mol. The standard InChI is InChI=1S/C19H19NO4S2/c1-24-16-11-14(7-8-15(16)18(22)23)20-17(21)12-3-5-13(6-4-12)19-25-9-2-10-26-19/h3-8,11,19H,2,9-10H2,1H3,(H,20,21)(H,22,23). The smallest absolute Gasteiger partial charge is 0.339 e. The lowest BCUT2D eigenvalue weighted by Gasteiger charge is -2.21. The Kier molecular flexibility index (Phi) is 6.11. The number of nitrogens with one attached hydrogen (secondary N) is 1. The highest BCUT2D eigenvalue weighted by Gasteiger charge is 2.17. The average molecular weight is 389 g/mol. The summed E-state index contributed by atoms with van der Waals surface area (Å²) in [7, 11) is 1.40. The maximum absolute atomic E-state index is 12.4. The van der Waals surface area contributed by atoms with Gasteiger partial charge in [-0.3, -0.25) is 4.79 Å². The molecule has 1 saturated heterocycles. The molecule has 5 nitrogen and oxygen atoms in total. The van der Waals surface area contributed by atoms with Crippen LogP contribution >= 0.6 is 23.5 Å². The molecule has 1 aliphatic rings. The number of amides is 1. The third kappa shape index (κ3) is 4.34. The number of anilines is 1. The minimum Gasteiger partial charge on any atom is -0.496 e. The second-order valence-electron chi connectivity index (χ2n) is 5.72. The summed E-state index contributed by atoms with van der Waals surface area (Å²) >= 11 is 3.88. The van der Waals surface area contributed by atoms with Crippen LogP contribution in [0.4, 0.5) is 5.69 Å². The molecule has 0 unspecified atom stereocenters. The van der Waals surface area contributed by atoms with Gasteiger partial charge in [-0.05, 0) is 47.8 Å². The molecule has 0 radical (unpaired) electrons. The summed E-state index contributed by atoms with van der Waals surface area (Å²) in [5.74, 6) is 1.23. The van der Waals surface area contributed by atoms with Crippen molar-refractivity contribution in [2.45, 2.75) is 11.0 Å². The number of carbonyl (C=O) groups is 2. The van der Waals surface area contributed by atoms with E-state index in [9.17, 15) is 9.59 Å². The van der Waals surface area contributed by atoms with E-state index in [4.69, 9.17) is 9.84 Å². The Morgan fingerprint density at radius 1 is 1.12 bits per heavy atom. The highest BCUT2D eigenvalue weighted by molar-refractivity contribution is 8.16. The SMILES string of the molecule is COc1cc(NC(=O)c2ccc(C3SCCCS3)cc2)ccc1C(=O)O. The Morgan fingerprint density at radius 2 is 1.81 bits per heavy atom. The number of carboxylic acids is 1. The number of aromatic carboxylic acids is 1. The number of methoxy groups -OCH3 is 1. The van der Waals surface area contributed by atoms with Crippen molar-refractivity contribution in [3.63, 3.8) is 0 Å². The van der Waals surface area contributed by atoms with Crippen LogP contribution in [0.2, 0.25) is 0 Å². The van der Waals surface area contributed by atoms with Gasteiger partial charge < -0.3 is 15.2 Å². The molecule has 2 aromatic carbocycles. The molecule has 0 aromatic heterocycles. The third-order valence-electron chi connectivity index (χ3n) is 3.96. The molecule has 0 bridgehead atoms. The van der Waals surface area contributed by atoms with Crippen molar-refractivity contribution < 1.29 is 19.4 Å². The molecule has 1 heterocycles. The molecule has 3 rings (SSSR count). The Morgan fingerprint density at radius 3 is 2.42 bits per heavy atom. The van der Waals surface area contributed by atoms with Gasteiger partial charge in [-0.15, -0.1) is 23.5 Å². The van der Waals surface area contributed by atoms with Gasteiger partial charge in [-0.1, -0.05) is 12.1 Å². The maximum atomic E-state index is 12.4. The number of benzene rings is 2. The number of ether oxygens (including phenoxy) is 1. The molecular formula is C19H19NO4S2. The first-order valence-corrected chi connectivity index (χ1v) is 10.2. The van der Waals surface area contributed by atoms with Crippen LogP contribution in [0.25, 0.3) is 0 Å². The molecule has 2 aromatic rings. The Balaban J connectivity index is 1.70. The van der Waals surface area contributed by atoms with Crippen molar-refractivity contribution in [2.75, 3.05) is 23.9 Å². The fourth-order valence-electron chi connectivity index (χ4n) is 2.62. The predicted octanol–water partition coefficient (Wildman–Crippen LogP) is 4.51. The Bertz CT molecular complexity index is 802. The number of thioether (sulfide) groups is 2. The lowest BCUT2D eigenvalue weighted by molar-refractivity contribution is 0.0693. The molecule has 136 valence electrons. The average Bonchev–Trinajstić information content (AvgIpc) is 2.68. The van der Waals surface area contributed by atoms with Crippen LogP contribution in [0.3, 0.4) is 0 Å². The minimum atomic E-state index is -1.08. The molecule has 0 saturated carbocycles. The van der Waals surface area contributed by atoms with E-state index in [1.165, 1.54) is 42.7 Å². The molecule has 0 aliphatic carbocycles. The van der Waals surface area contributed by atoms with Gasteiger partial charge in [-0.2, -0.15) is 0 Å². The van der Waals surface area contributed by atoms with E-state index >= 15 is 0 Å². The van der Waals surface area contributed by atoms with Gasteiger partial charge in [0.1, 0.15) is 11.3 Å². The van der Waals surface area contributed by atoms with Crippen LogP contribution in [-0.4, -0.2) is 35.6 Å². The van der Waals surface area contributed by atoms with Crippen molar-refractivity contribution in [3.8, 4) is 5.75 Å². The summed E-state index contributed by atoms with van der Waals surface area (Å²) in [5.41, 5.74) is 2.32. The van der Waals surface area contributed by atoms with Gasteiger partial charge in [0, 0.05) is 17.3 Å². The Hall–Kier alpha value is -2.12. The predicted molar refractivity (Wildman–Crippen MR) is 107 cm³/mol. The van der Waals surface area contributed by atoms with E-state index in [2.05, 4.69) is 5.32 Å². The molecule has 26 heavy (non-hydrogen) atoms. The van der Waals surface area contributed by atoms with Crippen molar-refractivity contribution in [2.24, 2.45) is 0 Å². The number of carboxylic acid groups (broad SMARTS) is 1. The number of hydrogen-bond acceptors (Lipinski definition) is 5. The molecule has 7 heteroatoms. The van der Waals surface area contributed by atoms with Gasteiger partial charge in [-0.25, -0.2) is 4.79 Å². The zero-order valence-electron chi connectivity index (χ0n) is 14.2. The summed E-state index contributed by atoms with van der Waals surface area (Å²) in [6.07, 6.45) is 1.25. The first-order valence-electron chi connectivity index (χ1n) is 8.14. The highest BCUT2D eigenvalue weighted by Crippen LogP contribution is 2.43. The summed E-state index contributed by atoms with van der Waals surface area (Å²) in [4.78, 5) is 23.6. The second kappa shape index (κ2) is 8.51. The minimum absolute atomic E-state index is 0.0531. The second-order valence-corrected chi connectivity index (χ2v) is 8.45. The summed E-state index contributed by atoms with van der Waals surface area (Å²) in [6.45, 7) is 0. The molecule has 0 atom stereocenters. The van der Waals surface area contributed by atoms with E-state index in [1.54, 1.807) is 6.07 Å². The first kappa shape index (κ1) is 18.7. The van der Waals surface area contributed by atoms with Gasteiger partial charge in [0.2, 0.25) is 0 Å². The van der Waals surface area contributed by atoms with E-state index in [1.807, 2.05) is 47.8 Å². The van der Waals surface area contributed by atoms with Crippen LogP contribution in [-0.2, 0) is 0 Å². The zero-order chi connectivity index (χ0) is 18.5. The van der Waals surface area contributed by atoms with E-state index in [0.717, 1.165) is 0 Å². The van der Waals surface area contributed by atoms with Crippen LogP contribution in [0.5, 0.6) is 5.75 Å². The zero-order valence-corrected chi connectivity index (χ0v) is 15.9. The van der Waals surface area contributed by atoms with E-state index < -0.39 is 5.97 Å². The van der Waals surface area contributed by atoms with Crippen molar-refractivity contribution in [1.82, 2.24) is 0 Å². The fourth-order valence-corrected chi connectivity index (χ4v) is 5.52. The summed E-state index contributed by atoms with van der Waals surface area (Å²) in [6, 6.07) is 12.1. The molecule has 0 spiro atoms. The molecule has 2 N–H and O–H groups in total. The number of carbonyl (C=O) groups excluding carboxylic acids is 1. The van der Waals surface area contributed by atoms with Gasteiger partial charge in [0.05, 0.1) is 11.7 Å². The monoisotopic (exact) mass is 389 g/mol. The number of rotatable bonds is 5. The van der Waals surface area contributed by atoms with E-state index in [0.29, 0.717) is 15.8 Å². The van der Waals surface area contributed by atoms with Crippen molar-refractivity contribution in [3.05, 3.63) is 59.2 Å². The van der Waals surface area contributed by atoms with Crippen LogP contribution in [0, 0.1) is 0 Å². The van der Waals surface area contributed by atoms with E-state index in [-0.39, 0.29) is 17.2 Å². The lowest BCUT2D eigenvalue weighted by Crippen LogP contribution is -2.12. The first-order chi connectivity index (χ1) is 12.6. The molecule has 1 fully saturated rings. The molecule has 1 amide bonds. The van der Waals surface area contributed by atoms with Crippen LogP contribution in [0.15, 0.2) is 42.5 Å². The Labute approximate surface area is 160 Å². The summed E-state index contributed by atoms with van der Waals surface area (Å²) in [5, 5.41) is 11.9. The van der Waals surface area contributed by atoms with Gasteiger partial charge in [0.25, 0.3) is 5.91 Å². The van der Waals surface area contributed by atoms with Crippen molar-refractivity contribution >= 4 is 41.1 Å². The third-order valence-corrected chi connectivity index (χ3v) is 6.98. The maximum Gasteiger partial charge on any atom is 0.339 e. The number of hydrogen-bond donors (Lipinski definition) is 2. The fraction of sp³-hybridized carbons (Fsp3) is 0.263. The van der Waals surface area contributed by atoms with Crippen LogP contribution < -0.4 is 10.1 Å². The summed E-state index contributed by atoms with van der Waals surface area (Å²) < 4.78 is 5.52. The lowest BCUT2D eigenvalue weighted by atomic mass is 10.1. The topological polar surface area (TPSA) is 75.6 Å². The largest absolute Gasteiger partial charge is 0.496 e. The normalized spacial score (nSPS) is 14.7.